The fraction of sp³-hybridized carbons (Fsp3) is 0. The molecule has 0 aliphatic carbocycles. The van der Waals surface area contributed by atoms with Crippen LogP contribution in [0.2, 0.25) is 0 Å². The second-order valence-electron chi connectivity index (χ2n) is 3.60. The first-order valence-corrected chi connectivity index (χ1v) is 6.50. The highest BCUT2D eigenvalue weighted by Gasteiger charge is 2.16. The van der Waals surface area contributed by atoms with Gasteiger partial charge in [-0.05, 0) is 24.3 Å². The first-order valence-electron chi connectivity index (χ1n) is 5.02. The van der Waals surface area contributed by atoms with Crippen molar-refractivity contribution in [3.8, 4) is 0 Å². The van der Waals surface area contributed by atoms with Crippen molar-refractivity contribution in [2.75, 3.05) is 10.5 Å². The summed E-state index contributed by atoms with van der Waals surface area (Å²) in [6.07, 6.45) is 0. The van der Waals surface area contributed by atoms with Crippen LogP contribution in [0.5, 0.6) is 0 Å². The van der Waals surface area contributed by atoms with Crippen LogP contribution in [0.15, 0.2) is 40.0 Å². The number of sulfonamides is 1. The lowest BCUT2D eigenvalue weighted by molar-refractivity contribution is 0.596. The number of nitrogens with one attached hydrogen (secondary N) is 2. The van der Waals surface area contributed by atoms with Crippen LogP contribution in [0.25, 0.3) is 0 Å². The molecule has 0 saturated heterocycles. The van der Waals surface area contributed by atoms with Gasteiger partial charge in [-0.3, -0.25) is 9.52 Å². The Balaban J connectivity index is 2.34. The van der Waals surface area contributed by atoms with E-state index in [1.807, 2.05) is 0 Å². The van der Waals surface area contributed by atoms with Crippen molar-refractivity contribution in [1.29, 1.82) is 0 Å². The summed E-state index contributed by atoms with van der Waals surface area (Å²) >= 11 is 0. The summed E-state index contributed by atoms with van der Waals surface area (Å²) in [5.74, 6) is -0.922. The molecule has 7 nitrogen and oxygen atoms in total. The van der Waals surface area contributed by atoms with E-state index in [1.54, 1.807) is 0 Å². The van der Waals surface area contributed by atoms with E-state index in [-0.39, 0.29) is 16.4 Å². The van der Waals surface area contributed by atoms with Crippen LogP contribution in [-0.2, 0) is 10.0 Å². The average Bonchev–Trinajstić information content (AvgIpc) is 2.35. The van der Waals surface area contributed by atoms with E-state index in [2.05, 4.69) is 14.9 Å². The van der Waals surface area contributed by atoms with Gasteiger partial charge in [0.25, 0.3) is 15.6 Å². The Kier molecular flexibility index (Phi) is 3.21. The Bertz CT molecular complexity index is 752. The summed E-state index contributed by atoms with van der Waals surface area (Å²) in [7, 11) is -4.00. The summed E-state index contributed by atoms with van der Waals surface area (Å²) in [5.41, 5.74) is 4.64. The molecule has 0 fully saturated rings. The van der Waals surface area contributed by atoms with Gasteiger partial charge in [0, 0.05) is 6.07 Å². The van der Waals surface area contributed by atoms with Gasteiger partial charge < -0.3 is 5.73 Å². The Morgan fingerprint density at radius 3 is 2.58 bits per heavy atom. The smallest absolute Gasteiger partial charge is 0.264 e. The molecule has 0 amide bonds. The fourth-order valence-electron chi connectivity index (χ4n) is 1.27. The summed E-state index contributed by atoms with van der Waals surface area (Å²) in [5, 5.41) is 5.55. The van der Waals surface area contributed by atoms with Crippen LogP contribution in [0, 0.1) is 5.82 Å². The Morgan fingerprint density at radius 1 is 1.26 bits per heavy atom. The number of nitrogens with zero attached hydrogens (tertiary/aromatic N) is 1. The molecule has 1 aromatic carbocycles. The third-order valence-electron chi connectivity index (χ3n) is 2.20. The number of benzene rings is 1. The zero-order valence-corrected chi connectivity index (χ0v) is 10.2. The van der Waals surface area contributed by atoms with Crippen LogP contribution in [0.4, 0.5) is 15.9 Å². The van der Waals surface area contributed by atoms with Gasteiger partial charge in [0.1, 0.15) is 5.82 Å². The highest BCUT2D eigenvalue weighted by atomic mass is 32.2. The third kappa shape index (κ3) is 2.88. The van der Waals surface area contributed by atoms with Crippen LogP contribution in [0.1, 0.15) is 0 Å². The largest absolute Gasteiger partial charge is 0.396 e. The van der Waals surface area contributed by atoms with Crippen molar-refractivity contribution in [2.45, 2.75) is 4.90 Å². The summed E-state index contributed by atoms with van der Waals surface area (Å²) in [6.45, 7) is 0. The Morgan fingerprint density at radius 2 is 2.00 bits per heavy atom. The summed E-state index contributed by atoms with van der Waals surface area (Å²) < 4.78 is 39.1. The Labute approximate surface area is 107 Å². The molecule has 0 spiro atoms. The van der Waals surface area contributed by atoms with Crippen LogP contribution in [0.3, 0.4) is 0 Å². The molecule has 0 saturated carbocycles. The lowest BCUT2D eigenvalue weighted by atomic mass is 10.3. The van der Waals surface area contributed by atoms with Gasteiger partial charge >= 0.3 is 0 Å². The highest BCUT2D eigenvalue weighted by Crippen LogP contribution is 2.18. The molecule has 2 rings (SSSR count). The number of rotatable bonds is 3. The van der Waals surface area contributed by atoms with Crippen LogP contribution in [-0.4, -0.2) is 18.6 Å². The fourth-order valence-corrected chi connectivity index (χ4v) is 2.29. The summed E-state index contributed by atoms with van der Waals surface area (Å²) in [4.78, 5) is 10.5. The van der Waals surface area contributed by atoms with E-state index in [9.17, 15) is 17.6 Å². The molecular formula is C10H9FN4O3S. The third-order valence-corrected chi connectivity index (χ3v) is 3.55. The van der Waals surface area contributed by atoms with E-state index in [4.69, 9.17) is 5.73 Å². The highest BCUT2D eigenvalue weighted by molar-refractivity contribution is 7.92. The number of anilines is 2. The quantitative estimate of drug-likeness (QED) is 0.700. The zero-order chi connectivity index (χ0) is 14.0. The lowest BCUT2D eigenvalue weighted by Gasteiger charge is -2.07. The minimum Gasteiger partial charge on any atom is -0.396 e. The molecule has 1 heterocycles. The molecule has 0 radical (unpaired) electrons. The molecular weight excluding hydrogens is 275 g/mol. The number of hydrogen-bond donors (Lipinski definition) is 3. The number of aromatic amines is 1. The van der Waals surface area contributed by atoms with E-state index in [1.165, 1.54) is 6.07 Å². The van der Waals surface area contributed by atoms with Gasteiger partial charge in [0.15, 0.2) is 5.82 Å². The van der Waals surface area contributed by atoms with Crippen LogP contribution < -0.4 is 16.0 Å². The number of aromatic nitrogens is 2. The van der Waals surface area contributed by atoms with E-state index >= 15 is 0 Å². The van der Waals surface area contributed by atoms with Gasteiger partial charge in [-0.2, -0.15) is 5.10 Å². The lowest BCUT2D eigenvalue weighted by Crippen LogP contribution is -2.16. The van der Waals surface area contributed by atoms with Crippen molar-refractivity contribution in [3.05, 3.63) is 46.5 Å². The number of halogens is 1. The predicted molar refractivity (Wildman–Crippen MR) is 66.5 cm³/mol. The molecule has 2 aromatic rings. The van der Waals surface area contributed by atoms with Crippen molar-refractivity contribution < 1.29 is 12.8 Å². The van der Waals surface area contributed by atoms with Gasteiger partial charge in [-0.15, -0.1) is 0 Å². The van der Waals surface area contributed by atoms with Gasteiger partial charge in [0.2, 0.25) is 0 Å². The van der Waals surface area contributed by atoms with E-state index in [0.717, 1.165) is 24.3 Å². The number of nitrogen functional groups attached to an aromatic ring is 1. The monoisotopic (exact) mass is 284 g/mol. The zero-order valence-electron chi connectivity index (χ0n) is 9.42. The summed E-state index contributed by atoms with van der Waals surface area (Å²) in [6, 6.07) is 5.39. The van der Waals surface area contributed by atoms with Crippen molar-refractivity contribution >= 4 is 21.5 Å². The minimum atomic E-state index is -4.00. The second-order valence-corrected chi connectivity index (χ2v) is 5.28. The maximum atomic E-state index is 13.2. The van der Waals surface area contributed by atoms with Crippen molar-refractivity contribution in [1.82, 2.24) is 10.2 Å². The predicted octanol–water partition coefficient (Wildman–Crippen LogP) is 0.292. The van der Waals surface area contributed by atoms with Gasteiger partial charge in [0.05, 0.1) is 10.6 Å². The molecule has 0 unspecified atom stereocenters. The SMILES string of the molecule is Nc1ccc(S(=O)(=O)Nc2ccc(=O)[nH]n2)cc1F. The second kappa shape index (κ2) is 4.69. The Hall–Kier alpha value is -2.42. The number of H-pyrrole nitrogens is 1. The topological polar surface area (TPSA) is 118 Å². The van der Waals surface area contributed by atoms with Crippen molar-refractivity contribution in [2.24, 2.45) is 0 Å². The van der Waals surface area contributed by atoms with E-state index in [0.29, 0.717) is 0 Å². The van der Waals surface area contributed by atoms with Gasteiger partial charge in [-0.25, -0.2) is 17.9 Å². The van der Waals surface area contributed by atoms with Crippen LogP contribution >= 0.6 is 0 Å². The molecule has 9 heteroatoms. The first-order chi connectivity index (χ1) is 8.88. The molecule has 0 aliphatic rings. The van der Waals surface area contributed by atoms with E-state index < -0.39 is 21.4 Å². The van der Waals surface area contributed by atoms with Gasteiger partial charge in [-0.1, -0.05) is 0 Å². The molecule has 0 aliphatic heterocycles. The maximum absolute atomic E-state index is 13.2. The normalized spacial score (nSPS) is 11.2. The molecule has 1 aromatic heterocycles. The molecule has 0 atom stereocenters. The molecule has 19 heavy (non-hydrogen) atoms. The standard InChI is InChI=1S/C10H9FN4O3S/c11-7-5-6(1-2-8(7)12)19(17,18)15-9-3-4-10(16)14-13-9/h1-5H,12H2,(H,13,15)(H,14,16). The minimum absolute atomic E-state index is 0.0863. The number of nitrogens with two attached hydrogens (primary N) is 1. The molecule has 4 N–H and O–H groups in total. The average molecular weight is 284 g/mol. The maximum Gasteiger partial charge on any atom is 0.264 e. The molecule has 100 valence electrons. The van der Waals surface area contributed by atoms with Crippen molar-refractivity contribution in [3.63, 3.8) is 0 Å². The number of hydrogen-bond acceptors (Lipinski definition) is 5. The first kappa shape index (κ1) is 13.0. The molecule has 0 bridgehead atoms.